The van der Waals surface area contributed by atoms with Gasteiger partial charge in [0.25, 0.3) is 5.91 Å². The molecule has 1 aromatic carbocycles. The average molecular weight is 409 g/mol. The lowest BCUT2D eigenvalue weighted by Gasteiger charge is -2.34. The van der Waals surface area contributed by atoms with Crippen LogP contribution < -0.4 is 4.74 Å². The van der Waals surface area contributed by atoms with Crippen LogP contribution in [0.25, 0.3) is 11.0 Å². The highest BCUT2D eigenvalue weighted by Crippen LogP contribution is 2.33. The van der Waals surface area contributed by atoms with Crippen LogP contribution in [0.2, 0.25) is 0 Å². The Kier molecular flexibility index (Phi) is 5.03. The first-order chi connectivity index (χ1) is 11.8. The van der Waals surface area contributed by atoms with Crippen LogP contribution in [0.15, 0.2) is 27.3 Å². The Morgan fingerprint density at radius 1 is 1.12 bits per heavy atom. The second-order valence-corrected chi connectivity index (χ2v) is 7.18. The molecule has 0 bridgehead atoms. The minimum absolute atomic E-state index is 0.0126. The van der Waals surface area contributed by atoms with Gasteiger partial charge >= 0.3 is 0 Å². The number of nitrogens with zero attached hydrogens (tertiary/aromatic N) is 2. The second-order valence-electron chi connectivity index (χ2n) is 6.40. The molecule has 1 aliphatic rings. The van der Waals surface area contributed by atoms with Crippen LogP contribution >= 0.6 is 15.9 Å². The van der Waals surface area contributed by atoms with Gasteiger partial charge in [-0.3, -0.25) is 9.59 Å². The van der Waals surface area contributed by atoms with Gasteiger partial charge in [-0.2, -0.15) is 0 Å². The minimum Gasteiger partial charge on any atom is -0.490 e. The Labute approximate surface area is 154 Å². The molecule has 3 rings (SSSR count). The maximum atomic E-state index is 12.9. The highest BCUT2D eigenvalue weighted by Gasteiger charge is 2.25. The molecule has 134 valence electrons. The highest BCUT2D eigenvalue weighted by molar-refractivity contribution is 9.10. The largest absolute Gasteiger partial charge is 0.490 e. The number of furan rings is 1. The number of piperazine rings is 1. The molecule has 2 heterocycles. The van der Waals surface area contributed by atoms with Crippen LogP contribution in [0.1, 0.15) is 31.1 Å². The molecule has 1 aliphatic heterocycles. The average Bonchev–Trinajstić information content (AvgIpc) is 2.94. The van der Waals surface area contributed by atoms with E-state index in [1.54, 1.807) is 28.9 Å². The molecule has 7 heteroatoms. The predicted molar refractivity (Wildman–Crippen MR) is 97.8 cm³/mol. The number of amides is 2. The van der Waals surface area contributed by atoms with E-state index in [-0.39, 0.29) is 17.9 Å². The molecular formula is C18H21BrN2O4. The smallest absolute Gasteiger partial charge is 0.254 e. The fraction of sp³-hybridized carbons (Fsp3) is 0.444. The van der Waals surface area contributed by atoms with Crippen LogP contribution in [-0.4, -0.2) is 53.9 Å². The van der Waals surface area contributed by atoms with Crippen molar-refractivity contribution in [3.05, 3.63) is 28.4 Å². The van der Waals surface area contributed by atoms with E-state index >= 15 is 0 Å². The van der Waals surface area contributed by atoms with Gasteiger partial charge in [0.1, 0.15) is 11.3 Å². The van der Waals surface area contributed by atoms with Crippen molar-refractivity contribution >= 4 is 38.7 Å². The third-order valence-electron chi connectivity index (χ3n) is 4.19. The topological polar surface area (TPSA) is 63.0 Å². The molecule has 0 spiro atoms. The number of fused-ring (bicyclic) bond motifs is 1. The molecule has 0 radical (unpaired) electrons. The molecule has 0 saturated carbocycles. The summed E-state index contributed by atoms with van der Waals surface area (Å²) in [5.41, 5.74) is 1.14. The number of hydrogen-bond acceptors (Lipinski definition) is 4. The molecule has 0 unspecified atom stereocenters. The molecule has 0 atom stereocenters. The number of benzene rings is 1. The first-order valence-corrected chi connectivity index (χ1v) is 9.09. The fourth-order valence-corrected chi connectivity index (χ4v) is 3.36. The van der Waals surface area contributed by atoms with E-state index in [1.807, 2.05) is 19.9 Å². The Morgan fingerprint density at radius 2 is 1.76 bits per heavy atom. The van der Waals surface area contributed by atoms with Gasteiger partial charge in [-0.15, -0.1) is 0 Å². The normalized spacial score (nSPS) is 15.1. The second kappa shape index (κ2) is 7.07. The summed E-state index contributed by atoms with van der Waals surface area (Å²) in [4.78, 5) is 27.8. The molecule has 2 amide bonds. The quantitative estimate of drug-likeness (QED) is 0.781. The number of halogens is 1. The summed E-state index contributed by atoms with van der Waals surface area (Å²) in [7, 11) is 0. The number of carbonyl (C=O) groups is 2. The number of rotatable bonds is 3. The third kappa shape index (κ3) is 3.81. The Balaban J connectivity index is 1.87. The third-order valence-corrected chi connectivity index (χ3v) is 4.58. The summed E-state index contributed by atoms with van der Waals surface area (Å²) in [5, 5.41) is 0.832. The lowest BCUT2D eigenvalue weighted by atomic mass is 10.1. The van der Waals surface area contributed by atoms with Gasteiger partial charge < -0.3 is 19.0 Å². The van der Waals surface area contributed by atoms with E-state index in [9.17, 15) is 9.59 Å². The van der Waals surface area contributed by atoms with Crippen LogP contribution in [0.3, 0.4) is 0 Å². The van der Waals surface area contributed by atoms with Gasteiger partial charge in [-0.25, -0.2) is 0 Å². The molecule has 1 saturated heterocycles. The summed E-state index contributed by atoms with van der Waals surface area (Å²) in [5.74, 6) is 0.598. The van der Waals surface area contributed by atoms with Gasteiger partial charge in [-0.05, 0) is 41.9 Å². The van der Waals surface area contributed by atoms with Crippen molar-refractivity contribution in [3.63, 3.8) is 0 Å². The lowest BCUT2D eigenvalue weighted by molar-refractivity contribution is -0.130. The molecule has 25 heavy (non-hydrogen) atoms. The van der Waals surface area contributed by atoms with Crippen molar-refractivity contribution in [3.8, 4) is 5.75 Å². The van der Waals surface area contributed by atoms with Crippen LogP contribution in [0, 0.1) is 0 Å². The number of carbonyl (C=O) groups excluding carboxylic acids is 2. The minimum atomic E-state index is -0.0776. The fourth-order valence-electron chi connectivity index (χ4n) is 2.96. The standard InChI is InChI=1S/C18H21BrN2O4/c1-11(2)24-15-8-13(9-16-14(15)10-17(19)25-16)18(23)21-6-4-20(5-7-21)12(3)22/h8-11H,4-7H2,1-3H3. The van der Waals surface area contributed by atoms with E-state index in [1.165, 1.54) is 0 Å². The first-order valence-electron chi connectivity index (χ1n) is 8.29. The summed E-state index contributed by atoms with van der Waals surface area (Å²) >= 11 is 3.33. The molecule has 0 N–H and O–H groups in total. The zero-order valence-electron chi connectivity index (χ0n) is 14.5. The SMILES string of the molecule is CC(=O)N1CCN(C(=O)c2cc(OC(C)C)c3cc(Br)oc3c2)CC1. The monoisotopic (exact) mass is 408 g/mol. The summed E-state index contributed by atoms with van der Waals surface area (Å²) < 4.78 is 12.1. The van der Waals surface area contributed by atoms with Gasteiger partial charge in [0.05, 0.1) is 11.5 Å². The van der Waals surface area contributed by atoms with Gasteiger partial charge in [-0.1, -0.05) is 0 Å². The first kappa shape index (κ1) is 17.8. The molecule has 1 aromatic heterocycles. The number of ether oxygens (including phenoxy) is 1. The van der Waals surface area contributed by atoms with Crippen molar-refractivity contribution < 1.29 is 18.7 Å². The summed E-state index contributed by atoms with van der Waals surface area (Å²) in [6.07, 6.45) is -0.0126. The maximum absolute atomic E-state index is 12.9. The molecule has 6 nitrogen and oxygen atoms in total. The zero-order chi connectivity index (χ0) is 18.1. The summed E-state index contributed by atoms with van der Waals surface area (Å²) in [6.45, 7) is 7.61. The Hall–Kier alpha value is -2.02. The predicted octanol–water partition coefficient (Wildman–Crippen LogP) is 3.29. The van der Waals surface area contributed by atoms with Crippen molar-refractivity contribution in [2.75, 3.05) is 26.2 Å². The molecule has 0 aliphatic carbocycles. The zero-order valence-corrected chi connectivity index (χ0v) is 16.1. The van der Waals surface area contributed by atoms with Crippen molar-refractivity contribution in [2.45, 2.75) is 26.9 Å². The van der Waals surface area contributed by atoms with Crippen LogP contribution in [0.5, 0.6) is 5.75 Å². The van der Waals surface area contributed by atoms with E-state index < -0.39 is 0 Å². The summed E-state index contributed by atoms with van der Waals surface area (Å²) in [6, 6.07) is 5.35. The molecular weight excluding hydrogens is 388 g/mol. The van der Waals surface area contributed by atoms with Crippen LogP contribution in [-0.2, 0) is 4.79 Å². The van der Waals surface area contributed by atoms with Crippen LogP contribution in [0.4, 0.5) is 0 Å². The molecule has 1 fully saturated rings. The molecule has 2 aromatic rings. The van der Waals surface area contributed by atoms with Crippen molar-refractivity contribution in [1.29, 1.82) is 0 Å². The van der Waals surface area contributed by atoms with Gasteiger partial charge in [0.15, 0.2) is 4.67 Å². The van der Waals surface area contributed by atoms with Crippen molar-refractivity contribution in [2.24, 2.45) is 0 Å². The van der Waals surface area contributed by atoms with Gasteiger partial charge in [0, 0.05) is 44.7 Å². The lowest BCUT2D eigenvalue weighted by Crippen LogP contribution is -2.50. The van der Waals surface area contributed by atoms with Crippen molar-refractivity contribution in [1.82, 2.24) is 9.80 Å². The van der Waals surface area contributed by atoms with E-state index in [0.717, 1.165) is 5.39 Å². The maximum Gasteiger partial charge on any atom is 0.254 e. The van der Waals surface area contributed by atoms with Gasteiger partial charge in [0.2, 0.25) is 5.91 Å². The Bertz CT molecular complexity index is 807. The van der Waals surface area contributed by atoms with E-state index in [2.05, 4.69) is 15.9 Å². The number of hydrogen-bond donors (Lipinski definition) is 0. The highest BCUT2D eigenvalue weighted by atomic mass is 79.9. The van der Waals surface area contributed by atoms with E-state index in [0.29, 0.717) is 47.7 Å². The van der Waals surface area contributed by atoms with E-state index in [4.69, 9.17) is 9.15 Å². The Morgan fingerprint density at radius 3 is 2.36 bits per heavy atom.